The molecule has 1 N–H and O–H groups in total. The van der Waals surface area contributed by atoms with Crippen LogP contribution in [0.15, 0.2) is 4.99 Å². The van der Waals surface area contributed by atoms with Crippen molar-refractivity contribution in [2.75, 3.05) is 6.54 Å². The van der Waals surface area contributed by atoms with Crippen LogP contribution >= 0.6 is 0 Å². The molecule has 0 aromatic rings. The number of hydrogen-bond donors (Lipinski definition) is 1. The summed E-state index contributed by atoms with van der Waals surface area (Å²) < 4.78 is 0. The molecule has 2 fully saturated rings. The summed E-state index contributed by atoms with van der Waals surface area (Å²) in [6, 6.07) is 0.778. The lowest BCUT2D eigenvalue weighted by molar-refractivity contribution is 0.388. The highest BCUT2D eigenvalue weighted by Crippen LogP contribution is 2.44. The first-order chi connectivity index (χ1) is 7.42. The molecule has 2 bridgehead atoms. The van der Waals surface area contributed by atoms with Crippen LogP contribution in [0.4, 0.5) is 0 Å². The molecular formula is C13H22N2. The monoisotopic (exact) mass is 206 g/mol. The summed E-state index contributed by atoms with van der Waals surface area (Å²) in [4.78, 5) is 4.68. The van der Waals surface area contributed by atoms with E-state index in [0.29, 0.717) is 0 Å². The number of nitrogens with zero attached hydrogens (tertiary/aromatic N) is 1. The van der Waals surface area contributed by atoms with Gasteiger partial charge in [-0.05, 0) is 43.9 Å². The van der Waals surface area contributed by atoms with Gasteiger partial charge in [0, 0.05) is 19.0 Å². The summed E-state index contributed by atoms with van der Waals surface area (Å²) in [7, 11) is 0. The topological polar surface area (TPSA) is 24.4 Å². The van der Waals surface area contributed by atoms with Gasteiger partial charge in [0.15, 0.2) is 0 Å². The first-order valence-corrected chi connectivity index (χ1v) is 6.71. The summed E-state index contributed by atoms with van der Waals surface area (Å²) in [5.74, 6) is 3.34. The lowest BCUT2D eigenvalue weighted by Crippen LogP contribution is -2.38. The van der Waals surface area contributed by atoms with Gasteiger partial charge in [0.2, 0.25) is 0 Å². The Hall–Kier alpha value is -0.530. The van der Waals surface area contributed by atoms with E-state index in [1.54, 1.807) is 0 Å². The van der Waals surface area contributed by atoms with Gasteiger partial charge in [-0.1, -0.05) is 12.8 Å². The maximum absolute atomic E-state index is 4.68. The Morgan fingerprint density at radius 1 is 1.07 bits per heavy atom. The average molecular weight is 206 g/mol. The summed E-state index contributed by atoms with van der Waals surface area (Å²) in [6.07, 6.45) is 11.1. The highest BCUT2D eigenvalue weighted by molar-refractivity contribution is 5.82. The Morgan fingerprint density at radius 2 is 2.07 bits per heavy atom. The predicted molar refractivity (Wildman–Crippen MR) is 63.1 cm³/mol. The summed E-state index contributed by atoms with van der Waals surface area (Å²) in [6.45, 7) is 1.06. The van der Waals surface area contributed by atoms with E-state index in [0.717, 1.165) is 24.4 Å². The van der Waals surface area contributed by atoms with Gasteiger partial charge >= 0.3 is 0 Å². The second kappa shape index (κ2) is 4.15. The van der Waals surface area contributed by atoms with Crippen molar-refractivity contribution in [3.8, 4) is 0 Å². The van der Waals surface area contributed by atoms with E-state index in [1.165, 1.54) is 57.2 Å². The van der Waals surface area contributed by atoms with Gasteiger partial charge in [0.05, 0.1) is 5.84 Å². The van der Waals surface area contributed by atoms with Crippen LogP contribution in [-0.2, 0) is 0 Å². The molecule has 0 saturated heterocycles. The molecule has 0 radical (unpaired) electrons. The molecule has 2 nitrogen and oxygen atoms in total. The molecule has 3 aliphatic rings. The molecule has 0 aromatic carbocycles. The van der Waals surface area contributed by atoms with Crippen LogP contribution in [-0.4, -0.2) is 18.4 Å². The van der Waals surface area contributed by atoms with Gasteiger partial charge < -0.3 is 5.32 Å². The molecule has 3 unspecified atom stereocenters. The first-order valence-electron chi connectivity index (χ1n) is 6.71. The molecule has 84 valence electrons. The zero-order chi connectivity index (χ0) is 10.1. The van der Waals surface area contributed by atoms with Crippen molar-refractivity contribution in [1.29, 1.82) is 0 Å². The van der Waals surface area contributed by atoms with Gasteiger partial charge in [0.1, 0.15) is 0 Å². The minimum atomic E-state index is 0.778. The smallest absolute Gasteiger partial charge is 0.0965 e. The van der Waals surface area contributed by atoms with Gasteiger partial charge in [0.25, 0.3) is 0 Å². The normalized spacial score (nSPS) is 40.0. The Morgan fingerprint density at radius 3 is 2.87 bits per heavy atom. The van der Waals surface area contributed by atoms with E-state index in [4.69, 9.17) is 0 Å². The molecule has 0 spiro atoms. The number of nitrogens with one attached hydrogen (secondary N) is 1. The molecule has 2 heteroatoms. The average Bonchev–Trinajstić information content (AvgIpc) is 2.75. The molecule has 0 amide bonds. The van der Waals surface area contributed by atoms with Gasteiger partial charge in [-0.25, -0.2) is 0 Å². The van der Waals surface area contributed by atoms with Crippen LogP contribution in [0, 0.1) is 11.8 Å². The summed E-state index contributed by atoms with van der Waals surface area (Å²) >= 11 is 0. The molecular weight excluding hydrogens is 184 g/mol. The Balaban J connectivity index is 1.58. The third-order valence-corrected chi connectivity index (χ3v) is 4.46. The zero-order valence-corrected chi connectivity index (χ0v) is 9.54. The van der Waals surface area contributed by atoms with Crippen molar-refractivity contribution in [3.05, 3.63) is 0 Å². The van der Waals surface area contributed by atoms with E-state index in [2.05, 4.69) is 10.3 Å². The maximum Gasteiger partial charge on any atom is 0.0965 e. The quantitative estimate of drug-likeness (QED) is 0.701. The Bertz CT molecular complexity index is 259. The summed E-state index contributed by atoms with van der Waals surface area (Å²) in [5.41, 5.74) is 0. The third kappa shape index (κ3) is 2.04. The minimum absolute atomic E-state index is 0.778. The fraction of sp³-hybridized carbons (Fsp3) is 0.923. The fourth-order valence-electron chi connectivity index (χ4n) is 3.63. The van der Waals surface area contributed by atoms with Crippen LogP contribution in [0.3, 0.4) is 0 Å². The van der Waals surface area contributed by atoms with E-state index in [1.807, 2.05) is 0 Å². The second-order valence-electron chi connectivity index (χ2n) is 5.56. The molecule has 15 heavy (non-hydrogen) atoms. The number of aliphatic imine (C=N–C) groups is 1. The first kappa shape index (κ1) is 9.68. The number of fused-ring (bicyclic) bond motifs is 2. The van der Waals surface area contributed by atoms with Crippen LogP contribution in [0.2, 0.25) is 0 Å². The van der Waals surface area contributed by atoms with E-state index in [9.17, 15) is 0 Å². The number of hydrogen-bond acceptors (Lipinski definition) is 2. The highest BCUT2D eigenvalue weighted by atomic mass is 15.0. The fourth-order valence-corrected chi connectivity index (χ4v) is 3.63. The molecule has 2 saturated carbocycles. The van der Waals surface area contributed by atoms with Gasteiger partial charge in [-0.2, -0.15) is 0 Å². The van der Waals surface area contributed by atoms with E-state index >= 15 is 0 Å². The zero-order valence-electron chi connectivity index (χ0n) is 9.54. The molecule has 1 aliphatic heterocycles. The molecule has 1 heterocycles. The van der Waals surface area contributed by atoms with Crippen molar-refractivity contribution in [2.45, 2.75) is 57.4 Å². The van der Waals surface area contributed by atoms with Crippen molar-refractivity contribution in [2.24, 2.45) is 16.8 Å². The highest BCUT2D eigenvalue weighted by Gasteiger charge is 2.39. The molecule has 3 rings (SSSR count). The Kier molecular flexibility index (Phi) is 2.68. The third-order valence-electron chi connectivity index (χ3n) is 4.46. The summed E-state index contributed by atoms with van der Waals surface area (Å²) in [5, 5.41) is 3.74. The van der Waals surface area contributed by atoms with Gasteiger partial charge in [-0.15, -0.1) is 0 Å². The van der Waals surface area contributed by atoms with Crippen LogP contribution in [0.5, 0.6) is 0 Å². The van der Waals surface area contributed by atoms with Crippen molar-refractivity contribution in [1.82, 2.24) is 5.32 Å². The second-order valence-corrected chi connectivity index (χ2v) is 5.56. The maximum atomic E-state index is 4.68. The molecule has 0 aromatic heterocycles. The van der Waals surface area contributed by atoms with Gasteiger partial charge in [-0.3, -0.25) is 4.99 Å². The SMILES string of the molecule is C1CCN=C(NC2CC3CCC2C3)CC1. The lowest BCUT2D eigenvalue weighted by Gasteiger charge is -2.24. The van der Waals surface area contributed by atoms with Crippen molar-refractivity contribution < 1.29 is 0 Å². The van der Waals surface area contributed by atoms with Crippen molar-refractivity contribution in [3.63, 3.8) is 0 Å². The van der Waals surface area contributed by atoms with Crippen LogP contribution < -0.4 is 5.32 Å². The minimum Gasteiger partial charge on any atom is -0.371 e. The number of rotatable bonds is 1. The molecule has 2 aliphatic carbocycles. The predicted octanol–water partition coefficient (Wildman–Crippen LogP) is 2.74. The Labute approximate surface area is 92.5 Å². The molecule has 3 atom stereocenters. The largest absolute Gasteiger partial charge is 0.371 e. The number of amidine groups is 1. The van der Waals surface area contributed by atoms with Crippen LogP contribution in [0.1, 0.15) is 51.4 Å². The van der Waals surface area contributed by atoms with E-state index in [-0.39, 0.29) is 0 Å². The van der Waals surface area contributed by atoms with Crippen molar-refractivity contribution >= 4 is 5.84 Å². The lowest BCUT2D eigenvalue weighted by atomic mass is 9.95. The van der Waals surface area contributed by atoms with E-state index < -0.39 is 0 Å². The van der Waals surface area contributed by atoms with Crippen LogP contribution in [0.25, 0.3) is 0 Å². The standard InChI is InChI=1S/C13H22N2/c1-2-4-13(14-7-3-1)15-12-9-10-5-6-11(12)8-10/h10-12H,1-9H2,(H,14,15).